The second kappa shape index (κ2) is 11.4. The minimum atomic E-state index is -4.76. The molecule has 43 heavy (non-hydrogen) atoms. The summed E-state index contributed by atoms with van der Waals surface area (Å²) in [6, 6.07) is 5.39. The number of nitrogens with one attached hydrogen (secondary N) is 3. The molecule has 1 aliphatic carbocycles. The minimum Gasteiger partial charge on any atom is -0.345 e. The molecular weight excluding hydrogens is 583 g/mol. The molecule has 3 aliphatic rings. The third-order valence-corrected chi connectivity index (χ3v) is 9.93. The number of piperazine rings is 1. The van der Waals surface area contributed by atoms with E-state index in [1.54, 1.807) is 33.8 Å². The van der Waals surface area contributed by atoms with Crippen LogP contribution in [0.25, 0.3) is 11.3 Å². The molecule has 1 saturated carbocycles. The van der Waals surface area contributed by atoms with E-state index < -0.39 is 33.8 Å². The number of rotatable bonds is 6. The van der Waals surface area contributed by atoms with E-state index in [1.165, 1.54) is 17.0 Å². The van der Waals surface area contributed by atoms with Crippen LogP contribution in [0.15, 0.2) is 29.2 Å². The van der Waals surface area contributed by atoms with Crippen molar-refractivity contribution in [2.45, 2.75) is 88.5 Å². The van der Waals surface area contributed by atoms with Gasteiger partial charge in [-0.15, -0.1) is 0 Å². The highest BCUT2D eigenvalue weighted by molar-refractivity contribution is 7.83. The van der Waals surface area contributed by atoms with Gasteiger partial charge in [-0.3, -0.25) is 14.4 Å². The maximum absolute atomic E-state index is 14.3. The lowest BCUT2D eigenvalue weighted by molar-refractivity contribution is -0.144. The lowest BCUT2D eigenvalue weighted by Gasteiger charge is -2.50. The number of hydrogen-bond acceptors (Lipinski definition) is 4. The van der Waals surface area contributed by atoms with Crippen LogP contribution in [0.2, 0.25) is 0 Å². The Morgan fingerprint density at radius 1 is 1.09 bits per heavy atom. The summed E-state index contributed by atoms with van der Waals surface area (Å²) in [5.74, 6) is -0.713. The van der Waals surface area contributed by atoms with Crippen LogP contribution in [0.5, 0.6) is 0 Å². The van der Waals surface area contributed by atoms with E-state index in [1.807, 2.05) is 4.57 Å². The molecule has 2 aromatic rings. The van der Waals surface area contributed by atoms with Crippen molar-refractivity contribution in [1.29, 1.82) is 0 Å². The van der Waals surface area contributed by atoms with E-state index in [9.17, 15) is 31.8 Å². The summed E-state index contributed by atoms with van der Waals surface area (Å²) < 4.78 is 60.5. The quantitative estimate of drug-likeness (QED) is 0.454. The van der Waals surface area contributed by atoms with Gasteiger partial charge in [-0.05, 0) is 70.2 Å². The Morgan fingerprint density at radius 3 is 2.40 bits per heavy atom. The number of nitrogens with zero attached hydrogens (tertiary/aromatic N) is 2. The number of likely N-dealkylation sites (tertiary alicyclic amines) is 1. The van der Waals surface area contributed by atoms with Crippen LogP contribution in [0.1, 0.15) is 74.5 Å². The number of aromatic nitrogens is 1. The van der Waals surface area contributed by atoms with Crippen LogP contribution < -0.4 is 15.4 Å². The summed E-state index contributed by atoms with van der Waals surface area (Å²) in [7, 11) is -2.10. The Kier molecular flexibility index (Phi) is 8.27. The largest absolute Gasteiger partial charge is 0.417 e. The molecule has 2 aliphatic heterocycles. The number of hydrogen-bond donors (Lipinski definition) is 3. The van der Waals surface area contributed by atoms with Crippen LogP contribution in [0.3, 0.4) is 0 Å². The number of benzene rings is 1. The van der Waals surface area contributed by atoms with Gasteiger partial charge in [-0.2, -0.15) is 13.2 Å². The molecule has 3 heterocycles. The Balaban J connectivity index is 1.52. The molecule has 9 nitrogen and oxygen atoms in total. The molecule has 13 heteroatoms. The molecule has 1 atom stereocenters. The van der Waals surface area contributed by atoms with Crippen molar-refractivity contribution in [3.63, 3.8) is 0 Å². The second-order valence-corrected chi connectivity index (χ2v) is 14.1. The Bertz CT molecular complexity index is 1470. The molecule has 2 saturated heterocycles. The Labute approximate surface area is 251 Å². The topological polar surface area (TPSA) is 113 Å². The van der Waals surface area contributed by atoms with E-state index >= 15 is 0 Å². The second-order valence-electron chi connectivity index (χ2n) is 12.9. The SMILES string of the molecule is Cc1c(C(=O)N2CC3(C2)NC(=O)CNC3=O)cc(-c2ccc(S(=O)NC(C)(C)C)c(C(F)(F)F)c2)n1CC1CCCCC1. The molecule has 3 amide bonds. The molecule has 1 unspecified atom stereocenters. The van der Waals surface area contributed by atoms with Gasteiger partial charge in [0.1, 0.15) is 11.0 Å². The molecule has 0 bridgehead atoms. The van der Waals surface area contributed by atoms with E-state index in [4.69, 9.17) is 0 Å². The molecule has 234 valence electrons. The molecule has 0 radical (unpaired) electrons. The standard InChI is InChI=1S/C30H38F3N5O4S/c1-18-21(26(40)37-16-29(17-37)27(41)34-14-25(39)35-29)13-23(38(18)15-19-8-6-5-7-9-19)20-10-11-24(22(12-20)30(31,32)33)43(42)36-28(2,3)4/h10-13,19,36H,5-9,14-17H2,1-4H3,(H,34,41)(H,35,39). The summed E-state index contributed by atoms with van der Waals surface area (Å²) in [5, 5.41) is 5.24. The van der Waals surface area contributed by atoms with Crippen molar-refractivity contribution >= 4 is 28.7 Å². The van der Waals surface area contributed by atoms with E-state index in [0.29, 0.717) is 29.4 Å². The average molecular weight is 622 g/mol. The first-order valence-corrected chi connectivity index (χ1v) is 15.7. The summed E-state index contributed by atoms with van der Waals surface area (Å²) >= 11 is 0. The van der Waals surface area contributed by atoms with E-state index in [-0.39, 0.29) is 47.8 Å². The van der Waals surface area contributed by atoms with Gasteiger partial charge < -0.3 is 20.1 Å². The predicted molar refractivity (Wildman–Crippen MR) is 155 cm³/mol. The van der Waals surface area contributed by atoms with E-state index in [2.05, 4.69) is 15.4 Å². The van der Waals surface area contributed by atoms with Crippen molar-refractivity contribution in [3.05, 3.63) is 41.1 Å². The van der Waals surface area contributed by atoms with Crippen molar-refractivity contribution in [3.8, 4) is 11.3 Å². The van der Waals surface area contributed by atoms with Gasteiger partial charge >= 0.3 is 6.18 Å². The molecular formula is C30H38F3N5O4S. The van der Waals surface area contributed by atoms with Crippen molar-refractivity contribution in [2.24, 2.45) is 5.92 Å². The highest BCUT2D eigenvalue weighted by atomic mass is 32.2. The molecule has 3 N–H and O–H groups in total. The predicted octanol–water partition coefficient (Wildman–Crippen LogP) is 3.91. The fourth-order valence-corrected chi connectivity index (χ4v) is 7.44. The molecule has 1 spiro atoms. The van der Waals surface area contributed by atoms with Crippen LogP contribution >= 0.6 is 0 Å². The molecule has 5 rings (SSSR count). The summed E-state index contributed by atoms with van der Waals surface area (Å²) in [5.41, 5.74) is -1.15. The summed E-state index contributed by atoms with van der Waals surface area (Å²) in [6.45, 7) is 7.40. The highest BCUT2D eigenvalue weighted by Gasteiger charge is 2.54. The smallest absolute Gasteiger partial charge is 0.345 e. The lowest BCUT2D eigenvalue weighted by Crippen LogP contribution is -2.80. The van der Waals surface area contributed by atoms with Gasteiger partial charge in [0.25, 0.3) is 5.91 Å². The minimum absolute atomic E-state index is 0.00545. The van der Waals surface area contributed by atoms with Gasteiger partial charge in [-0.25, -0.2) is 8.93 Å². The third kappa shape index (κ3) is 6.38. The first-order valence-electron chi connectivity index (χ1n) is 14.6. The van der Waals surface area contributed by atoms with Gasteiger partial charge in [-0.1, -0.05) is 25.3 Å². The van der Waals surface area contributed by atoms with E-state index in [0.717, 1.165) is 38.2 Å². The van der Waals surface area contributed by atoms with Crippen LogP contribution in [-0.2, 0) is 33.3 Å². The van der Waals surface area contributed by atoms with Gasteiger partial charge in [0, 0.05) is 23.5 Å². The normalized spacial score (nSPS) is 20.0. The van der Waals surface area contributed by atoms with Crippen LogP contribution in [-0.4, -0.2) is 62.1 Å². The average Bonchev–Trinajstić information content (AvgIpc) is 3.22. The highest BCUT2D eigenvalue weighted by Crippen LogP contribution is 2.39. The number of amides is 3. The Hall–Kier alpha value is -3.19. The monoisotopic (exact) mass is 621 g/mol. The fourth-order valence-electron chi connectivity index (χ4n) is 6.21. The van der Waals surface area contributed by atoms with Gasteiger partial charge in [0.05, 0.1) is 35.7 Å². The van der Waals surface area contributed by atoms with Crippen molar-refractivity contribution in [2.75, 3.05) is 19.6 Å². The number of alkyl halides is 3. The zero-order valence-corrected chi connectivity index (χ0v) is 25.6. The first kappa shape index (κ1) is 31.2. The number of halogens is 3. The van der Waals surface area contributed by atoms with Crippen molar-refractivity contribution < 1.29 is 31.8 Å². The zero-order chi connectivity index (χ0) is 31.3. The fraction of sp³-hybridized carbons (Fsp3) is 0.567. The third-order valence-electron chi connectivity index (χ3n) is 8.37. The Morgan fingerprint density at radius 2 is 1.77 bits per heavy atom. The zero-order valence-electron chi connectivity index (χ0n) is 24.8. The molecule has 1 aromatic heterocycles. The van der Waals surface area contributed by atoms with Crippen LogP contribution in [0, 0.1) is 12.8 Å². The van der Waals surface area contributed by atoms with Crippen molar-refractivity contribution in [1.82, 2.24) is 24.8 Å². The number of carbonyl (C=O) groups is 3. The van der Waals surface area contributed by atoms with Gasteiger partial charge in [0.15, 0.2) is 5.54 Å². The van der Waals surface area contributed by atoms with Crippen LogP contribution in [0.4, 0.5) is 13.2 Å². The summed E-state index contributed by atoms with van der Waals surface area (Å²) in [4.78, 5) is 39.2. The first-order chi connectivity index (χ1) is 20.1. The van der Waals surface area contributed by atoms with Gasteiger partial charge in [0.2, 0.25) is 11.8 Å². The lowest BCUT2D eigenvalue weighted by atomic mass is 9.86. The maximum atomic E-state index is 14.3. The summed E-state index contributed by atoms with van der Waals surface area (Å²) in [6.07, 6.45) is 0.535. The number of carbonyl (C=O) groups excluding carboxylic acids is 3. The molecule has 1 aromatic carbocycles. The maximum Gasteiger partial charge on any atom is 0.417 e. The molecule has 3 fully saturated rings.